The molecule has 0 unspecified atom stereocenters. The summed E-state index contributed by atoms with van der Waals surface area (Å²) in [6, 6.07) is 18.9. The van der Waals surface area contributed by atoms with Crippen molar-refractivity contribution in [2.45, 2.75) is 34.6 Å². The number of benzene rings is 3. The molecule has 0 aliphatic rings. The van der Waals surface area contributed by atoms with E-state index >= 15 is 0 Å². The van der Waals surface area contributed by atoms with Gasteiger partial charge in [-0.15, -0.1) is 13.2 Å². The van der Waals surface area contributed by atoms with Gasteiger partial charge in [0.25, 0.3) is 0 Å². The van der Waals surface area contributed by atoms with Crippen molar-refractivity contribution in [1.29, 1.82) is 0 Å². The minimum Gasteiger partial charge on any atom is -0.207 e. The quantitative estimate of drug-likeness (QED) is 0.260. The summed E-state index contributed by atoms with van der Waals surface area (Å²) in [5.74, 6) is 0. The Morgan fingerprint density at radius 3 is 1.39 bits per heavy atom. The summed E-state index contributed by atoms with van der Waals surface area (Å²) < 4.78 is 85.9. The monoisotopic (exact) mass is 617 g/mol. The molecule has 0 saturated carbocycles. The Hall–Kier alpha value is -3.13. The predicted octanol–water partition coefficient (Wildman–Crippen LogP) is 3.70. The van der Waals surface area contributed by atoms with Crippen molar-refractivity contribution in [2.75, 3.05) is 26.2 Å². The van der Waals surface area contributed by atoms with Gasteiger partial charge in [-0.05, 0) is 50.2 Å². The summed E-state index contributed by atoms with van der Waals surface area (Å²) in [4.78, 5) is -0.00648. The van der Waals surface area contributed by atoms with E-state index in [4.69, 9.17) is 0 Å². The van der Waals surface area contributed by atoms with E-state index in [9.17, 15) is 25.3 Å². The highest BCUT2D eigenvalue weighted by atomic mass is 32.2. The molecule has 0 aromatic heterocycles. The normalized spacial score (nSPS) is 12.6. The zero-order valence-electron chi connectivity index (χ0n) is 23.0. The molecule has 0 fully saturated rings. The van der Waals surface area contributed by atoms with Crippen molar-refractivity contribution >= 4 is 30.1 Å². The maximum atomic E-state index is 13.6. The first kappa shape index (κ1) is 32.4. The summed E-state index contributed by atoms with van der Waals surface area (Å²) >= 11 is 0. The summed E-state index contributed by atoms with van der Waals surface area (Å²) in [5, 5.41) is 0. The number of nitrogens with one attached hydrogen (secondary N) is 1. The third-order valence-electron chi connectivity index (χ3n) is 6.21. The SMILES string of the molecule is C=CCN(CC(CN(CC=C)S(=O)(=O)c1ccc(C)cc1)NS(=O)(=O)c1ccccc1)S(=O)(=O)c1ccc(C)cc1. The van der Waals surface area contributed by atoms with Gasteiger partial charge in [-0.25, -0.2) is 30.0 Å². The molecule has 0 bridgehead atoms. The number of nitrogens with zero attached hydrogens (tertiary/aromatic N) is 2. The van der Waals surface area contributed by atoms with Gasteiger partial charge in [0.1, 0.15) is 0 Å². The molecule has 0 saturated heterocycles. The van der Waals surface area contributed by atoms with Crippen molar-refractivity contribution in [1.82, 2.24) is 13.3 Å². The van der Waals surface area contributed by atoms with Crippen LogP contribution in [0, 0.1) is 13.8 Å². The molecule has 9 nitrogen and oxygen atoms in total. The van der Waals surface area contributed by atoms with Crippen molar-refractivity contribution in [3.05, 3.63) is 115 Å². The molecule has 3 aromatic rings. The van der Waals surface area contributed by atoms with Crippen LogP contribution in [0.4, 0.5) is 0 Å². The van der Waals surface area contributed by atoms with E-state index in [1.807, 2.05) is 13.8 Å². The molecule has 0 radical (unpaired) electrons. The maximum absolute atomic E-state index is 13.6. The van der Waals surface area contributed by atoms with Crippen molar-refractivity contribution in [3.8, 4) is 0 Å². The lowest BCUT2D eigenvalue weighted by atomic mass is 10.2. The van der Waals surface area contributed by atoms with Crippen LogP contribution in [0.2, 0.25) is 0 Å². The van der Waals surface area contributed by atoms with Crippen LogP contribution < -0.4 is 4.72 Å². The first-order valence-corrected chi connectivity index (χ1v) is 17.1. The van der Waals surface area contributed by atoms with Crippen LogP contribution in [0.15, 0.2) is 119 Å². The van der Waals surface area contributed by atoms with Crippen molar-refractivity contribution in [3.63, 3.8) is 0 Å². The van der Waals surface area contributed by atoms with E-state index in [0.29, 0.717) is 0 Å². The zero-order chi connectivity index (χ0) is 30.3. The fourth-order valence-electron chi connectivity index (χ4n) is 4.06. The molecule has 0 spiro atoms. The van der Waals surface area contributed by atoms with E-state index in [1.54, 1.807) is 42.5 Å². The summed E-state index contributed by atoms with van der Waals surface area (Å²) in [5.41, 5.74) is 1.74. The molecule has 3 aromatic carbocycles. The Kier molecular flexibility index (Phi) is 10.8. The Balaban J connectivity index is 2.05. The lowest BCUT2D eigenvalue weighted by Gasteiger charge is -2.30. The van der Waals surface area contributed by atoms with Crippen molar-refractivity contribution in [2.24, 2.45) is 0 Å². The minimum atomic E-state index is -4.16. The molecular weight excluding hydrogens is 583 g/mol. The molecule has 220 valence electrons. The molecule has 0 atom stereocenters. The van der Waals surface area contributed by atoms with Gasteiger partial charge in [-0.2, -0.15) is 8.61 Å². The van der Waals surface area contributed by atoms with Crippen LogP contribution in [-0.2, 0) is 30.1 Å². The summed E-state index contributed by atoms with van der Waals surface area (Å²) in [7, 11) is -12.3. The van der Waals surface area contributed by atoms with Gasteiger partial charge in [0.15, 0.2) is 0 Å². The van der Waals surface area contributed by atoms with Gasteiger partial charge in [-0.3, -0.25) is 0 Å². The van der Waals surface area contributed by atoms with E-state index < -0.39 is 36.1 Å². The van der Waals surface area contributed by atoms with E-state index in [0.717, 1.165) is 19.7 Å². The van der Waals surface area contributed by atoms with Gasteiger partial charge in [0.05, 0.1) is 14.7 Å². The smallest absolute Gasteiger partial charge is 0.207 e. The summed E-state index contributed by atoms with van der Waals surface area (Å²) in [6.07, 6.45) is 2.78. The molecule has 3 rings (SSSR count). The topological polar surface area (TPSA) is 121 Å². The Bertz CT molecular complexity index is 1560. The molecule has 0 aliphatic carbocycles. The minimum absolute atomic E-state index is 0.0184. The standard InChI is InChI=1S/C29H35N3O6S3/c1-5-20-31(40(35,36)28-16-12-24(3)13-17-28)22-26(30-39(33,34)27-10-8-7-9-11-27)23-32(21-6-2)41(37,38)29-18-14-25(4)15-19-29/h5-19,26,30H,1-2,20-23H2,3-4H3. The lowest BCUT2D eigenvalue weighted by Crippen LogP contribution is -2.52. The van der Waals surface area contributed by atoms with Gasteiger partial charge < -0.3 is 0 Å². The summed E-state index contributed by atoms with van der Waals surface area (Å²) in [6.45, 7) is 9.98. The van der Waals surface area contributed by atoms with Gasteiger partial charge in [-0.1, -0.05) is 65.7 Å². The molecule has 0 aliphatic heterocycles. The third-order valence-corrected chi connectivity index (χ3v) is 11.4. The Morgan fingerprint density at radius 2 is 1.02 bits per heavy atom. The number of hydrogen-bond donors (Lipinski definition) is 1. The van der Waals surface area contributed by atoms with E-state index in [1.165, 1.54) is 48.6 Å². The first-order chi connectivity index (χ1) is 19.3. The molecule has 12 heteroatoms. The molecule has 41 heavy (non-hydrogen) atoms. The van der Waals surface area contributed by atoms with Gasteiger partial charge in [0.2, 0.25) is 30.1 Å². The Morgan fingerprint density at radius 1 is 0.634 bits per heavy atom. The highest BCUT2D eigenvalue weighted by Gasteiger charge is 2.33. The number of hydrogen-bond acceptors (Lipinski definition) is 6. The predicted molar refractivity (Wildman–Crippen MR) is 161 cm³/mol. The molecule has 1 N–H and O–H groups in total. The maximum Gasteiger partial charge on any atom is 0.243 e. The molecule has 0 amide bonds. The van der Waals surface area contributed by atoms with Gasteiger partial charge in [0, 0.05) is 32.2 Å². The average molecular weight is 618 g/mol. The van der Waals surface area contributed by atoms with Crippen LogP contribution in [0.3, 0.4) is 0 Å². The fourth-order valence-corrected chi connectivity index (χ4v) is 8.21. The van der Waals surface area contributed by atoms with Crippen LogP contribution in [0.5, 0.6) is 0 Å². The number of sulfonamides is 3. The lowest BCUT2D eigenvalue weighted by molar-refractivity contribution is 0.341. The largest absolute Gasteiger partial charge is 0.243 e. The fraction of sp³-hybridized carbons (Fsp3) is 0.241. The Labute approximate surface area is 244 Å². The van der Waals surface area contributed by atoms with E-state index in [-0.39, 0.29) is 40.9 Å². The second kappa shape index (κ2) is 13.7. The second-order valence-corrected chi connectivity index (χ2v) is 15.1. The highest BCUT2D eigenvalue weighted by Crippen LogP contribution is 2.21. The highest BCUT2D eigenvalue weighted by molar-refractivity contribution is 7.90. The number of aryl methyl sites for hydroxylation is 2. The second-order valence-electron chi connectivity index (χ2n) is 9.48. The molecular formula is C29H35N3O6S3. The van der Waals surface area contributed by atoms with Crippen LogP contribution >= 0.6 is 0 Å². The van der Waals surface area contributed by atoms with Crippen LogP contribution in [-0.4, -0.2) is 66.1 Å². The van der Waals surface area contributed by atoms with Gasteiger partial charge >= 0.3 is 0 Å². The van der Waals surface area contributed by atoms with Crippen LogP contribution in [0.1, 0.15) is 11.1 Å². The van der Waals surface area contributed by atoms with Crippen LogP contribution in [0.25, 0.3) is 0 Å². The molecule has 0 heterocycles. The zero-order valence-corrected chi connectivity index (χ0v) is 25.5. The average Bonchev–Trinajstić information content (AvgIpc) is 2.93. The van der Waals surface area contributed by atoms with Crippen molar-refractivity contribution < 1.29 is 25.3 Å². The first-order valence-electron chi connectivity index (χ1n) is 12.7. The van der Waals surface area contributed by atoms with E-state index in [2.05, 4.69) is 17.9 Å². The number of rotatable bonds is 15. The third kappa shape index (κ3) is 8.22.